The van der Waals surface area contributed by atoms with Gasteiger partial charge in [0.05, 0.1) is 5.69 Å². The van der Waals surface area contributed by atoms with Gasteiger partial charge in [0.15, 0.2) is 0 Å². The highest BCUT2D eigenvalue weighted by Crippen LogP contribution is 2.21. The maximum atomic E-state index is 5.17. The minimum Gasteiger partial charge on any atom is -0.224 e. The Labute approximate surface area is 204 Å². The van der Waals surface area contributed by atoms with Crippen LogP contribution in [0.1, 0.15) is 11.1 Å². The van der Waals surface area contributed by atoms with E-state index >= 15 is 0 Å². The molecule has 0 aliphatic rings. The summed E-state index contributed by atoms with van der Waals surface area (Å²) in [6, 6.07) is 41.5. The van der Waals surface area contributed by atoms with E-state index in [4.69, 9.17) is 10.1 Å². The molecule has 4 aromatic carbocycles. The van der Waals surface area contributed by atoms with Gasteiger partial charge in [-0.2, -0.15) is 5.10 Å². The maximum absolute atomic E-state index is 5.17. The molecule has 0 atom stereocenters. The zero-order valence-corrected chi connectivity index (χ0v) is 19.6. The molecule has 5 rings (SSSR count). The zero-order chi connectivity index (χ0) is 23.0. The molecule has 0 aliphatic carbocycles. The van der Waals surface area contributed by atoms with Gasteiger partial charge in [-0.3, -0.25) is 0 Å². The van der Waals surface area contributed by atoms with E-state index in [1.165, 1.54) is 11.1 Å². The standard InChI is InChI=1S/C30H25N3S/c1-5-13-24(14-6-1)21-22-27(23-25-15-7-2-8-16-25)31-30-33(28-19-11-4-12-20-28)32-29(34-30)26-17-9-3-10-18-26/h1-20,22H,21,23H2. The van der Waals surface area contributed by atoms with Gasteiger partial charge in [-0.15, -0.1) is 0 Å². The van der Waals surface area contributed by atoms with Crippen molar-refractivity contribution in [3.05, 3.63) is 149 Å². The first-order valence-electron chi connectivity index (χ1n) is 11.4. The van der Waals surface area contributed by atoms with Crippen LogP contribution in [0.25, 0.3) is 16.3 Å². The van der Waals surface area contributed by atoms with Gasteiger partial charge in [0.25, 0.3) is 0 Å². The van der Waals surface area contributed by atoms with Gasteiger partial charge in [-0.1, -0.05) is 127 Å². The van der Waals surface area contributed by atoms with E-state index in [2.05, 4.69) is 78.9 Å². The summed E-state index contributed by atoms with van der Waals surface area (Å²) in [4.78, 5) is 6.03. The van der Waals surface area contributed by atoms with E-state index in [1.807, 2.05) is 53.2 Å². The van der Waals surface area contributed by atoms with Crippen molar-refractivity contribution in [2.45, 2.75) is 12.8 Å². The molecule has 0 saturated carbocycles. The van der Waals surface area contributed by atoms with Crippen LogP contribution in [0.3, 0.4) is 0 Å². The number of hydrogen-bond acceptors (Lipinski definition) is 3. The van der Waals surface area contributed by atoms with Gasteiger partial charge < -0.3 is 0 Å². The van der Waals surface area contributed by atoms with Crippen LogP contribution in [0.5, 0.6) is 0 Å². The lowest BCUT2D eigenvalue weighted by Gasteiger charge is -2.05. The molecule has 1 aromatic heterocycles. The summed E-state index contributed by atoms with van der Waals surface area (Å²) in [5.41, 5.74) is 5.64. The third-order valence-electron chi connectivity index (χ3n) is 5.47. The molecular formula is C30H25N3S. The first-order chi connectivity index (χ1) is 16.8. The molecule has 34 heavy (non-hydrogen) atoms. The highest BCUT2D eigenvalue weighted by Gasteiger charge is 2.10. The van der Waals surface area contributed by atoms with Crippen molar-refractivity contribution >= 4 is 11.3 Å². The van der Waals surface area contributed by atoms with Gasteiger partial charge >= 0.3 is 0 Å². The van der Waals surface area contributed by atoms with Crippen LogP contribution in [0.15, 0.2) is 138 Å². The van der Waals surface area contributed by atoms with Crippen molar-refractivity contribution in [1.29, 1.82) is 0 Å². The number of allylic oxidation sites excluding steroid dienone is 2. The summed E-state index contributed by atoms with van der Waals surface area (Å²) in [6.45, 7) is 0. The number of rotatable bonds is 7. The molecule has 0 aliphatic heterocycles. The molecule has 0 bridgehead atoms. The quantitative estimate of drug-likeness (QED) is 0.261. The van der Waals surface area contributed by atoms with E-state index < -0.39 is 0 Å². The van der Waals surface area contributed by atoms with Crippen LogP contribution >= 0.6 is 11.3 Å². The van der Waals surface area contributed by atoms with Crippen molar-refractivity contribution in [2.24, 2.45) is 4.99 Å². The average Bonchev–Trinajstić information content (AvgIpc) is 3.33. The van der Waals surface area contributed by atoms with E-state index in [1.54, 1.807) is 11.3 Å². The summed E-state index contributed by atoms with van der Waals surface area (Å²) in [5, 5.41) is 5.89. The Balaban J connectivity index is 1.61. The lowest BCUT2D eigenvalue weighted by atomic mass is 10.1. The predicted octanol–water partition coefficient (Wildman–Crippen LogP) is 6.87. The van der Waals surface area contributed by atoms with Crippen molar-refractivity contribution in [3.8, 4) is 16.3 Å². The third kappa shape index (κ3) is 5.48. The molecule has 1 heterocycles. The fourth-order valence-electron chi connectivity index (χ4n) is 3.72. The topological polar surface area (TPSA) is 30.2 Å². The molecule has 0 saturated heterocycles. The summed E-state index contributed by atoms with van der Waals surface area (Å²) in [6.07, 6.45) is 3.84. The minimum absolute atomic E-state index is 0.765. The third-order valence-corrected chi connectivity index (χ3v) is 6.42. The molecule has 0 radical (unpaired) electrons. The van der Waals surface area contributed by atoms with Crippen molar-refractivity contribution in [1.82, 2.24) is 9.78 Å². The average molecular weight is 460 g/mol. The highest BCUT2D eigenvalue weighted by molar-refractivity contribution is 7.12. The van der Waals surface area contributed by atoms with Gasteiger partial charge in [0.2, 0.25) is 4.80 Å². The Morgan fingerprint density at radius 3 is 1.91 bits per heavy atom. The Morgan fingerprint density at radius 1 is 0.706 bits per heavy atom. The number of hydrogen-bond donors (Lipinski definition) is 0. The van der Waals surface area contributed by atoms with Crippen LogP contribution in [-0.2, 0) is 12.8 Å². The molecule has 0 amide bonds. The fraction of sp³-hybridized carbons (Fsp3) is 0.0667. The smallest absolute Gasteiger partial charge is 0.213 e. The van der Waals surface area contributed by atoms with Crippen molar-refractivity contribution in [3.63, 3.8) is 0 Å². The zero-order valence-electron chi connectivity index (χ0n) is 18.8. The number of benzene rings is 4. The normalized spacial score (nSPS) is 12.1. The number of aromatic nitrogens is 2. The van der Waals surface area contributed by atoms with Gasteiger partial charge in [0, 0.05) is 17.7 Å². The summed E-state index contributed by atoms with van der Waals surface area (Å²) >= 11 is 1.61. The highest BCUT2D eigenvalue weighted by atomic mass is 32.1. The number of para-hydroxylation sites is 1. The largest absolute Gasteiger partial charge is 0.224 e. The molecule has 0 unspecified atom stereocenters. The van der Waals surface area contributed by atoms with Crippen LogP contribution in [0.2, 0.25) is 0 Å². The summed E-state index contributed by atoms with van der Waals surface area (Å²) in [5.74, 6) is 0. The monoisotopic (exact) mass is 459 g/mol. The van der Waals surface area contributed by atoms with E-state index in [-0.39, 0.29) is 0 Å². The Bertz CT molecular complexity index is 1420. The minimum atomic E-state index is 0.765. The lowest BCUT2D eigenvalue weighted by molar-refractivity contribution is 0.827. The van der Waals surface area contributed by atoms with Crippen LogP contribution < -0.4 is 4.80 Å². The van der Waals surface area contributed by atoms with E-state index in [9.17, 15) is 0 Å². The van der Waals surface area contributed by atoms with Crippen molar-refractivity contribution < 1.29 is 0 Å². The van der Waals surface area contributed by atoms with E-state index in [0.717, 1.165) is 39.6 Å². The second-order valence-corrected chi connectivity index (χ2v) is 8.92. The van der Waals surface area contributed by atoms with Crippen LogP contribution in [-0.4, -0.2) is 9.78 Å². The van der Waals surface area contributed by atoms with Crippen LogP contribution in [0.4, 0.5) is 0 Å². The molecular weight excluding hydrogens is 434 g/mol. The number of nitrogens with zero attached hydrogens (tertiary/aromatic N) is 3. The van der Waals surface area contributed by atoms with Crippen LogP contribution in [0, 0.1) is 0 Å². The molecule has 0 spiro atoms. The molecule has 0 fully saturated rings. The summed E-state index contributed by atoms with van der Waals surface area (Å²) < 4.78 is 1.95. The van der Waals surface area contributed by atoms with Crippen molar-refractivity contribution in [2.75, 3.05) is 0 Å². The molecule has 5 aromatic rings. The predicted molar refractivity (Wildman–Crippen MR) is 141 cm³/mol. The second kappa shape index (κ2) is 10.7. The fourth-order valence-corrected chi connectivity index (χ4v) is 4.67. The molecule has 0 N–H and O–H groups in total. The first kappa shape index (κ1) is 21.8. The van der Waals surface area contributed by atoms with Gasteiger partial charge in [0.1, 0.15) is 5.01 Å². The Hall–Kier alpha value is -4.02. The SMILES string of the molecule is C(Cc1ccccc1)=C(Cc1ccccc1)N=c1sc(-c2ccccc2)nn1-c1ccccc1. The summed E-state index contributed by atoms with van der Waals surface area (Å²) in [7, 11) is 0. The second-order valence-electron chi connectivity index (χ2n) is 7.96. The van der Waals surface area contributed by atoms with Gasteiger partial charge in [-0.05, 0) is 29.7 Å². The molecule has 3 nitrogen and oxygen atoms in total. The Kier molecular flexibility index (Phi) is 6.88. The Morgan fingerprint density at radius 2 is 1.26 bits per heavy atom. The molecule has 4 heteroatoms. The van der Waals surface area contributed by atoms with E-state index in [0.29, 0.717) is 0 Å². The lowest BCUT2D eigenvalue weighted by Crippen LogP contribution is -2.15. The maximum Gasteiger partial charge on any atom is 0.213 e. The van der Waals surface area contributed by atoms with Gasteiger partial charge in [-0.25, -0.2) is 9.67 Å². The first-order valence-corrected chi connectivity index (χ1v) is 12.2. The molecule has 166 valence electrons.